The van der Waals surface area contributed by atoms with Gasteiger partial charge in [0.25, 0.3) is 0 Å². The van der Waals surface area contributed by atoms with Gasteiger partial charge in [-0.15, -0.1) is 11.6 Å². The molecule has 0 aromatic carbocycles. The molecule has 0 aromatic heterocycles. The molecule has 60 valence electrons. The molecule has 2 fully saturated rings. The first-order chi connectivity index (χ1) is 5.17. The van der Waals surface area contributed by atoms with Crippen LogP contribution >= 0.6 is 27.5 Å². The molecule has 4 aliphatic rings. The topological polar surface area (TPSA) is 0 Å². The summed E-state index contributed by atoms with van der Waals surface area (Å²) in [6, 6.07) is 0. The van der Waals surface area contributed by atoms with Crippen LogP contribution in [0.25, 0.3) is 0 Å². The van der Waals surface area contributed by atoms with Crippen LogP contribution in [-0.2, 0) is 0 Å². The van der Waals surface area contributed by atoms with Crippen molar-refractivity contribution < 1.29 is 0 Å². The maximum atomic E-state index is 6.49. The second kappa shape index (κ2) is 1.72. The van der Waals surface area contributed by atoms with E-state index in [-0.39, 0.29) is 4.87 Å². The molecule has 0 saturated heterocycles. The van der Waals surface area contributed by atoms with Crippen molar-refractivity contribution in [2.45, 2.75) is 28.5 Å². The number of halogens is 2. The van der Waals surface area contributed by atoms with E-state index >= 15 is 0 Å². The molecule has 0 aromatic rings. The van der Waals surface area contributed by atoms with Gasteiger partial charge in [-0.1, -0.05) is 28.1 Å². The smallest absolute Gasteiger partial charge is 0.0682 e. The Labute approximate surface area is 80.1 Å². The van der Waals surface area contributed by atoms with Gasteiger partial charge in [-0.25, -0.2) is 0 Å². The number of allylic oxidation sites excluding steroid dienone is 2. The lowest BCUT2D eigenvalue weighted by Gasteiger charge is -2.38. The molecule has 0 aliphatic heterocycles. The normalized spacial score (nSPS) is 64.5. The van der Waals surface area contributed by atoms with Crippen molar-refractivity contribution >= 4 is 27.5 Å². The number of fused-ring (bicyclic) bond motifs is 1. The molecule has 0 spiro atoms. The predicted molar refractivity (Wildman–Crippen MR) is 50.2 cm³/mol. The van der Waals surface area contributed by atoms with Crippen molar-refractivity contribution in [3.63, 3.8) is 0 Å². The minimum atomic E-state index is 0.102. The fourth-order valence-electron chi connectivity index (χ4n) is 2.79. The quantitative estimate of drug-likeness (QED) is 0.445. The largest absolute Gasteiger partial charge is 0.117 e. The lowest BCUT2D eigenvalue weighted by molar-refractivity contribution is 0.350. The third-order valence-corrected chi connectivity index (χ3v) is 6.18. The fraction of sp³-hybridized carbons (Fsp3) is 0.778. The fourth-order valence-corrected chi connectivity index (χ4v) is 4.60. The highest BCUT2D eigenvalue weighted by Crippen LogP contribution is 2.73. The number of hydrogen-bond acceptors (Lipinski definition) is 0. The molecular formula is C9H10BrCl. The molecule has 0 heterocycles. The number of alkyl halides is 2. The van der Waals surface area contributed by atoms with Gasteiger partial charge < -0.3 is 0 Å². The zero-order valence-corrected chi connectivity index (χ0v) is 8.53. The van der Waals surface area contributed by atoms with Gasteiger partial charge in [0.05, 0.1) is 9.20 Å². The lowest BCUT2D eigenvalue weighted by Crippen LogP contribution is -2.38. The van der Waals surface area contributed by atoms with Crippen LogP contribution in [0.3, 0.4) is 0 Å². The van der Waals surface area contributed by atoms with Crippen molar-refractivity contribution in [3.8, 4) is 0 Å². The minimum absolute atomic E-state index is 0.102. The first-order valence-corrected chi connectivity index (χ1v) is 5.40. The molecule has 0 nitrogen and oxygen atoms in total. The lowest BCUT2D eigenvalue weighted by atomic mass is 9.76. The second-order valence-corrected chi connectivity index (χ2v) is 6.17. The Hall–Kier alpha value is 0.510. The summed E-state index contributed by atoms with van der Waals surface area (Å²) in [5.74, 6) is 1.36. The number of rotatable bonds is 0. The summed E-state index contributed by atoms with van der Waals surface area (Å²) in [5.41, 5.74) is 0. The van der Waals surface area contributed by atoms with Gasteiger partial charge in [-0.3, -0.25) is 0 Å². The van der Waals surface area contributed by atoms with Crippen LogP contribution in [-0.4, -0.2) is 9.20 Å². The Morgan fingerprint density at radius 2 is 1.91 bits per heavy atom. The molecule has 0 radical (unpaired) electrons. The summed E-state index contributed by atoms with van der Waals surface area (Å²) in [6.07, 6.45) is 8.49. The van der Waals surface area contributed by atoms with E-state index < -0.39 is 0 Å². The maximum absolute atomic E-state index is 6.49. The number of hydrogen-bond donors (Lipinski definition) is 0. The Bertz CT molecular complexity index is 226. The molecular weight excluding hydrogens is 223 g/mol. The van der Waals surface area contributed by atoms with Gasteiger partial charge >= 0.3 is 0 Å². The van der Waals surface area contributed by atoms with Crippen LogP contribution in [0.1, 0.15) is 19.3 Å². The van der Waals surface area contributed by atoms with Gasteiger partial charge in [0.2, 0.25) is 0 Å². The van der Waals surface area contributed by atoms with Crippen LogP contribution in [0.2, 0.25) is 0 Å². The molecule has 0 amide bonds. The van der Waals surface area contributed by atoms with Crippen LogP contribution in [0.4, 0.5) is 0 Å². The average molecular weight is 234 g/mol. The predicted octanol–water partition coefficient (Wildman–Crippen LogP) is 3.10. The summed E-state index contributed by atoms with van der Waals surface area (Å²) in [4.78, 5) is 0.102. The molecule has 4 rings (SSSR count). The Kier molecular flexibility index (Phi) is 1.09. The van der Waals surface area contributed by atoms with Crippen LogP contribution in [0.15, 0.2) is 12.2 Å². The first-order valence-electron chi connectivity index (χ1n) is 4.23. The highest BCUT2D eigenvalue weighted by molar-refractivity contribution is 9.10. The van der Waals surface area contributed by atoms with E-state index in [0.717, 1.165) is 0 Å². The zero-order chi connectivity index (χ0) is 7.69. The van der Waals surface area contributed by atoms with Gasteiger partial charge in [-0.05, 0) is 31.1 Å². The Balaban J connectivity index is 2.12. The van der Waals surface area contributed by atoms with Crippen LogP contribution in [0, 0.1) is 11.8 Å². The zero-order valence-electron chi connectivity index (χ0n) is 6.19. The van der Waals surface area contributed by atoms with Gasteiger partial charge in [-0.2, -0.15) is 0 Å². The maximum Gasteiger partial charge on any atom is 0.0682 e. The minimum Gasteiger partial charge on any atom is -0.117 e. The van der Waals surface area contributed by atoms with Crippen LogP contribution < -0.4 is 0 Å². The van der Waals surface area contributed by atoms with Crippen molar-refractivity contribution in [1.82, 2.24) is 0 Å². The molecule has 4 aliphatic carbocycles. The van der Waals surface area contributed by atoms with E-state index in [1.54, 1.807) is 0 Å². The van der Waals surface area contributed by atoms with E-state index in [1.165, 1.54) is 19.3 Å². The molecule has 2 saturated carbocycles. The monoisotopic (exact) mass is 232 g/mol. The average Bonchev–Trinajstić information content (AvgIpc) is 2.60. The van der Waals surface area contributed by atoms with Gasteiger partial charge in [0.15, 0.2) is 0 Å². The van der Waals surface area contributed by atoms with E-state index in [4.69, 9.17) is 11.6 Å². The first kappa shape index (κ1) is 6.97. The summed E-state index contributed by atoms with van der Waals surface area (Å²) >= 11 is 10.3. The van der Waals surface area contributed by atoms with Crippen LogP contribution in [0.5, 0.6) is 0 Å². The molecule has 4 unspecified atom stereocenters. The highest BCUT2D eigenvalue weighted by Gasteiger charge is 2.74. The van der Waals surface area contributed by atoms with E-state index in [9.17, 15) is 0 Å². The molecule has 2 bridgehead atoms. The molecule has 2 heteroatoms. The third kappa shape index (κ3) is 0.604. The summed E-state index contributed by atoms with van der Waals surface area (Å²) in [5, 5.41) is 0. The standard InChI is InChI=1S/C9H10BrCl/c10-8-5-9(8,11)7-3-1-6(8)2-4-7/h1,3,6-7H,2,4-5H2. The third-order valence-electron chi connectivity index (χ3n) is 3.62. The van der Waals surface area contributed by atoms with Crippen molar-refractivity contribution in [3.05, 3.63) is 12.2 Å². The van der Waals surface area contributed by atoms with Crippen molar-refractivity contribution in [2.75, 3.05) is 0 Å². The summed E-state index contributed by atoms with van der Waals surface area (Å²) in [6.45, 7) is 0. The molecule has 0 N–H and O–H groups in total. The summed E-state index contributed by atoms with van der Waals surface area (Å²) < 4.78 is 0.291. The van der Waals surface area contributed by atoms with E-state index in [1.807, 2.05) is 0 Å². The Morgan fingerprint density at radius 3 is 2.27 bits per heavy atom. The second-order valence-electron chi connectivity index (χ2n) is 4.08. The van der Waals surface area contributed by atoms with Crippen molar-refractivity contribution in [1.29, 1.82) is 0 Å². The van der Waals surface area contributed by atoms with Crippen molar-refractivity contribution in [2.24, 2.45) is 11.8 Å². The molecule has 11 heavy (non-hydrogen) atoms. The van der Waals surface area contributed by atoms with Gasteiger partial charge in [0, 0.05) is 0 Å². The SMILES string of the molecule is ClC12CC1(Br)C1C=CC2CC1. The molecule has 4 atom stereocenters. The Morgan fingerprint density at radius 1 is 1.27 bits per heavy atom. The van der Waals surface area contributed by atoms with E-state index in [2.05, 4.69) is 28.1 Å². The highest BCUT2D eigenvalue weighted by atomic mass is 79.9. The summed E-state index contributed by atoms with van der Waals surface area (Å²) in [7, 11) is 0. The van der Waals surface area contributed by atoms with Gasteiger partial charge in [0.1, 0.15) is 0 Å². The van der Waals surface area contributed by atoms with E-state index in [0.29, 0.717) is 16.2 Å².